The zero-order chi connectivity index (χ0) is 25.7. The second-order valence-electron chi connectivity index (χ2n) is 11.4. The van der Waals surface area contributed by atoms with Crippen molar-refractivity contribution >= 4 is 34.1 Å². The van der Waals surface area contributed by atoms with Gasteiger partial charge in [0.1, 0.15) is 17.2 Å². The van der Waals surface area contributed by atoms with E-state index in [4.69, 9.17) is 37.2 Å². The van der Waals surface area contributed by atoms with Gasteiger partial charge in [-0.15, -0.1) is 0 Å². The lowest BCUT2D eigenvalue weighted by Crippen LogP contribution is -2.49. The number of hydrogen-bond acceptors (Lipinski definition) is 5. The van der Waals surface area contributed by atoms with Gasteiger partial charge < -0.3 is 14.0 Å². The molecule has 4 fully saturated rings. The lowest BCUT2D eigenvalue weighted by Gasteiger charge is -2.52. The van der Waals surface area contributed by atoms with Gasteiger partial charge in [-0.25, -0.2) is 0 Å². The van der Waals surface area contributed by atoms with Crippen LogP contribution in [-0.2, 0) is 11.3 Å². The highest BCUT2D eigenvalue weighted by Gasteiger charge is 2.50. The molecule has 4 aliphatic carbocycles. The van der Waals surface area contributed by atoms with Crippen molar-refractivity contribution in [2.45, 2.75) is 69.5 Å². The molecule has 2 heterocycles. The molecule has 5 nitrogen and oxygen atoms in total. The Labute approximate surface area is 232 Å². The van der Waals surface area contributed by atoms with Gasteiger partial charge in [0.25, 0.3) is 0 Å². The van der Waals surface area contributed by atoms with Crippen LogP contribution in [-0.4, -0.2) is 22.3 Å². The Morgan fingerprint density at radius 2 is 1.68 bits per heavy atom. The minimum atomic E-state index is -0.101. The molecule has 0 amide bonds. The normalized spacial score (nSPS) is 24.7. The SMILES string of the molecule is Clc1cccc(Cl)c1-c1noc(C2CC2)c1COC12CCC(COc3ccc4ncccc4c3)(CC1)CC2. The molecule has 0 N–H and O–H groups in total. The Morgan fingerprint density at radius 3 is 2.42 bits per heavy atom. The first-order valence-corrected chi connectivity index (χ1v) is 14.3. The molecule has 0 spiro atoms. The van der Waals surface area contributed by atoms with Crippen molar-refractivity contribution in [2.75, 3.05) is 6.61 Å². The molecule has 4 aliphatic rings. The molecule has 0 atom stereocenters. The van der Waals surface area contributed by atoms with E-state index < -0.39 is 0 Å². The van der Waals surface area contributed by atoms with Crippen LogP contribution in [0, 0.1) is 5.41 Å². The van der Waals surface area contributed by atoms with Gasteiger partial charge in [-0.2, -0.15) is 0 Å². The average molecular weight is 549 g/mol. The highest BCUT2D eigenvalue weighted by molar-refractivity contribution is 6.39. The van der Waals surface area contributed by atoms with Crippen LogP contribution >= 0.6 is 23.2 Å². The molecule has 8 rings (SSSR count). The fourth-order valence-corrected chi connectivity index (χ4v) is 6.89. The summed E-state index contributed by atoms with van der Waals surface area (Å²) in [5.41, 5.74) is 3.58. The second-order valence-corrected chi connectivity index (χ2v) is 12.2. The van der Waals surface area contributed by atoms with Gasteiger partial charge in [0.15, 0.2) is 0 Å². The smallest absolute Gasteiger partial charge is 0.145 e. The Morgan fingerprint density at radius 1 is 0.921 bits per heavy atom. The molecule has 7 heteroatoms. The van der Waals surface area contributed by atoms with E-state index >= 15 is 0 Å². The van der Waals surface area contributed by atoms with Crippen LogP contribution < -0.4 is 4.74 Å². The largest absolute Gasteiger partial charge is 0.493 e. The monoisotopic (exact) mass is 548 g/mol. The molecule has 0 unspecified atom stereocenters. The van der Waals surface area contributed by atoms with E-state index in [0.717, 1.165) is 97.2 Å². The lowest BCUT2D eigenvalue weighted by atomic mass is 9.59. The number of halogens is 2. The zero-order valence-corrected chi connectivity index (χ0v) is 22.7. The number of ether oxygens (including phenoxy) is 2. The van der Waals surface area contributed by atoms with Crippen molar-refractivity contribution in [3.63, 3.8) is 0 Å². The van der Waals surface area contributed by atoms with E-state index in [2.05, 4.69) is 22.3 Å². The zero-order valence-electron chi connectivity index (χ0n) is 21.2. The van der Waals surface area contributed by atoms with Crippen molar-refractivity contribution in [3.05, 3.63) is 76.1 Å². The van der Waals surface area contributed by atoms with Gasteiger partial charge in [0.05, 0.1) is 34.4 Å². The van der Waals surface area contributed by atoms with E-state index in [-0.39, 0.29) is 11.0 Å². The minimum Gasteiger partial charge on any atom is -0.493 e. The molecule has 4 saturated carbocycles. The van der Waals surface area contributed by atoms with Gasteiger partial charge in [-0.05, 0) is 87.8 Å². The van der Waals surface area contributed by atoms with Crippen LogP contribution in [0.4, 0.5) is 0 Å². The molecule has 2 aromatic heterocycles. The van der Waals surface area contributed by atoms with Gasteiger partial charge in [0, 0.05) is 34.0 Å². The van der Waals surface area contributed by atoms with Crippen molar-refractivity contribution in [2.24, 2.45) is 5.41 Å². The summed E-state index contributed by atoms with van der Waals surface area (Å²) in [6.45, 7) is 1.22. The first-order chi connectivity index (χ1) is 18.5. The van der Waals surface area contributed by atoms with Crippen molar-refractivity contribution in [1.29, 1.82) is 0 Å². The number of pyridine rings is 1. The number of nitrogens with zero attached hydrogens (tertiary/aromatic N) is 2. The molecule has 0 aliphatic heterocycles. The lowest BCUT2D eigenvalue weighted by molar-refractivity contribution is -0.150. The maximum atomic E-state index is 6.78. The van der Waals surface area contributed by atoms with Crippen molar-refractivity contribution in [3.8, 4) is 17.0 Å². The summed E-state index contributed by atoms with van der Waals surface area (Å²) in [5, 5.41) is 6.70. The predicted octanol–water partition coefficient (Wildman–Crippen LogP) is 8.76. The Kier molecular flexibility index (Phi) is 6.14. The molecule has 0 radical (unpaired) electrons. The highest BCUT2D eigenvalue weighted by Crippen LogP contribution is 2.55. The average Bonchev–Trinajstić information content (AvgIpc) is 3.72. The van der Waals surface area contributed by atoms with E-state index in [1.807, 2.05) is 42.6 Å². The summed E-state index contributed by atoms with van der Waals surface area (Å²) >= 11 is 13.1. The van der Waals surface area contributed by atoms with E-state index in [0.29, 0.717) is 22.6 Å². The summed E-state index contributed by atoms with van der Waals surface area (Å²) in [4.78, 5) is 4.41. The highest BCUT2D eigenvalue weighted by atomic mass is 35.5. The molecule has 4 aromatic rings. The number of fused-ring (bicyclic) bond motifs is 4. The van der Waals surface area contributed by atoms with Gasteiger partial charge in [0.2, 0.25) is 0 Å². The topological polar surface area (TPSA) is 57.4 Å². The maximum Gasteiger partial charge on any atom is 0.145 e. The summed E-state index contributed by atoms with van der Waals surface area (Å²) in [7, 11) is 0. The Bertz CT molecular complexity index is 1450. The van der Waals surface area contributed by atoms with Crippen LogP contribution in [0.5, 0.6) is 5.75 Å². The third-order valence-corrected chi connectivity index (χ3v) is 9.57. The van der Waals surface area contributed by atoms with E-state index in [9.17, 15) is 0 Å². The van der Waals surface area contributed by atoms with Crippen LogP contribution in [0.2, 0.25) is 10.0 Å². The van der Waals surface area contributed by atoms with Gasteiger partial charge >= 0.3 is 0 Å². The predicted molar refractivity (Wildman–Crippen MR) is 149 cm³/mol. The maximum absolute atomic E-state index is 6.78. The van der Waals surface area contributed by atoms with Crippen LogP contribution in [0.3, 0.4) is 0 Å². The minimum absolute atomic E-state index is 0.101. The summed E-state index contributed by atoms with van der Waals surface area (Å²) in [6, 6.07) is 15.7. The summed E-state index contributed by atoms with van der Waals surface area (Å²) in [6.07, 6.45) is 10.6. The van der Waals surface area contributed by atoms with E-state index in [1.54, 1.807) is 0 Å². The van der Waals surface area contributed by atoms with Crippen LogP contribution in [0.25, 0.3) is 22.2 Å². The summed E-state index contributed by atoms with van der Waals surface area (Å²) < 4.78 is 19.0. The molecular formula is C31H30Cl2N2O3. The van der Waals surface area contributed by atoms with E-state index in [1.165, 1.54) is 0 Å². The Hall–Kier alpha value is -2.60. The molecule has 2 aromatic carbocycles. The number of rotatable bonds is 8. The third kappa shape index (κ3) is 4.49. The summed E-state index contributed by atoms with van der Waals surface area (Å²) in [5.74, 6) is 2.28. The fourth-order valence-electron chi connectivity index (χ4n) is 6.32. The first-order valence-electron chi connectivity index (χ1n) is 13.6. The number of hydrogen-bond donors (Lipinski definition) is 0. The van der Waals surface area contributed by atoms with Crippen molar-refractivity contribution in [1.82, 2.24) is 10.1 Å². The first kappa shape index (κ1) is 24.4. The van der Waals surface area contributed by atoms with Crippen LogP contribution in [0.15, 0.2) is 59.3 Å². The second kappa shape index (κ2) is 9.55. The number of aromatic nitrogens is 2. The third-order valence-electron chi connectivity index (χ3n) is 8.94. The molecular weight excluding hydrogens is 519 g/mol. The molecule has 38 heavy (non-hydrogen) atoms. The standard InChI is InChI=1S/C31H30Cl2N2O3/c32-24-4-1-5-25(33)27(24)28-23(29(38-35-28)20-6-7-20)18-37-31-13-10-30(11-14-31,12-15-31)19-36-22-8-9-26-21(17-22)3-2-16-34-26/h1-5,8-9,16-17,20H,6-7,10-15,18-19H2. The quantitative estimate of drug-likeness (QED) is 0.220. The Balaban J connectivity index is 1.04. The van der Waals surface area contributed by atoms with Crippen LogP contribution in [0.1, 0.15) is 68.6 Å². The molecule has 196 valence electrons. The van der Waals surface area contributed by atoms with Gasteiger partial charge in [-0.3, -0.25) is 4.98 Å². The molecule has 0 saturated heterocycles. The van der Waals surface area contributed by atoms with Gasteiger partial charge in [-0.1, -0.05) is 40.5 Å². The fraction of sp³-hybridized carbons (Fsp3) is 0.419. The molecule has 2 bridgehead atoms. The van der Waals surface area contributed by atoms with Crippen molar-refractivity contribution < 1.29 is 14.0 Å². The number of benzene rings is 2.